The third kappa shape index (κ3) is 3.41. The fourth-order valence-corrected chi connectivity index (χ4v) is 2.50. The van der Waals surface area contributed by atoms with E-state index in [0.717, 1.165) is 32.4 Å². The molecule has 1 aromatic rings. The molecule has 0 radical (unpaired) electrons. The number of hydrogen-bond acceptors (Lipinski definition) is 5. The minimum Gasteiger partial charge on any atom is -0.366 e. The summed E-state index contributed by atoms with van der Waals surface area (Å²) >= 11 is 0. The van der Waals surface area contributed by atoms with Gasteiger partial charge >= 0.3 is 0 Å². The predicted molar refractivity (Wildman–Crippen MR) is 81.9 cm³/mol. The summed E-state index contributed by atoms with van der Waals surface area (Å²) in [5, 5.41) is 20.1. The van der Waals surface area contributed by atoms with Crippen LogP contribution in [0.15, 0.2) is 23.8 Å². The highest BCUT2D eigenvalue weighted by atomic mass is 16.6. The Balaban J connectivity index is 2.41. The van der Waals surface area contributed by atoms with Gasteiger partial charge in [0.2, 0.25) is 0 Å². The van der Waals surface area contributed by atoms with Gasteiger partial charge in [0, 0.05) is 19.2 Å². The number of nitro groups is 1. The summed E-state index contributed by atoms with van der Waals surface area (Å²) in [6.07, 6.45) is 4.42. The monoisotopic (exact) mass is 300 g/mol. The van der Waals surface area contributed by atoms with Crippen molar-refractivity contribution in [2.75, 3.05) is 18.0 Å². The van der Waals surface area contributed by atoms with Crippen molar-refractivity contribution in [3.8, 4) is 6.07 Å². The zero-order chi connectivity index (χ0) is 16.1. The maximum Gasteiger partial charge on any atom is 0.293 e. The van der Waals surface area contributed by atoms with Crippen LogP contribution in [0, 0.1) is 21.4 Å². The summed E-state index contributed by atoms with van der Waals surface area (Å²) in [5.41, 5.74) is 5.78. The highest BCUT2D eigenvalue weighted by Crippen LogP contribution is 2.31. The van der Waals surface area contributed by atoms with Gasteiger partial charge in [-0.1, -0.05) is 6.07 Å². The predicted octanol–water partition coefficient (Wildman–Crippen LogP) is 1.98. The molecule has 0 saturated carbocycles. The molecule has 1 aromatic carbocycles. The number of amides is 1. The van der Waals surface area contributed by atoms with E-state index < -0.39 is 10.8 Å². The highest BCUT2D eigenvalue weighted by molar-refractivity contribution is 6.00. The minimum absolute atomic E-state index is 0.0302. The van der Waals surface area contributed by atoms with Crippen LogP contribution in [0.4, 0.5) is 11.4 Å². The van der Waals surface area contributed by atoms with Crippen molar-refractivity contribution in [2.24, 2.45) is 5.73 Å². The van der Waals surface area contributed by atoms with Gasteiger partial charge in [-0.05, 0) is 37.0 Å². The van der Waals surface area contributed by atoms with E-state index in [1.54, 1.807) is 18.2 Å². The molecule has 1 fully saturated rings. The molecule has 0 spiro atoms. The second-order valence-corrected chi connectivity index (χ2v) is 5.09. The number of nitro benzene ring substituents is 1. The van der Waals surface area contributed by atoms with E-state index in [1.807, 2.05) is 4.90 Å². The number of piperidine rings is 1. The molecule has 1 aliphatic heterocycles. The zero-order valence-corrected chi connectivity index (χ0v) is 12.0. The average molecular weight is 300 g/mol. The van der Waals surface area contributed by atoms with Crippen LogP contribution in [0.2, 0.25) is 0 Å². The lowest BCUT2D eigenvalue weighted by molar-refractivity contribution is -0.384. The van der Waals surface area contributed by atoms with Crippen molar-refractivity contribution in [3.05, 3.63) is 39.4 Å². The fourth-order valence-electron chi connectivity index (χ4n) is 2.50. The minimum atomic E-state index is -0.856. The van der Waals surface area contributed by atoms with Crippen molar-refractivity contribution in [2.45, 2.75) is 19.3 Å². The Kier molecular flexibility index (Phi) is 4.73. The first kappa shape index (κ1) is 15.5. The number of anilines is 1. The third-order valence-electron chi connectivity index (χ3n) is 3.59. The normalized spacial score (nSPS) is 15.2. The first-order chi connectivity index (χ1) is 10.5. The molecule has 0 bridgehead atoms. The standard InChI is InChI=1S/C15H16N4O3/c16-10-12(15(17)20)8-11-4-5-13(14(9-11)19(21)22)18-6-2-1-3-7-18/h4-5,8-9H,1-3,6-7H2,(H2,17,20)/b12-8+. The topological polar surface area (TPSA) is 113 Å². The van der Waals surface area contributed by atoms with Crippen LogP contribution in [0.1, 0.15) is 24.8 Å². The molecule has 0 atom stereocenters. The first-order valence-electron chi connectivity index (χ1n) is 6.98. The molecule has 2 rings (SSSR count). The summed E-state index contributed by atoms with van der Waals surface area (Å²) in [4.78, 5) is 23.9. The van der Waals surface area contributed by atoms with Crippen LogP contribution in [0.25, 0.3) is 6.08 Å². The van der Waals surface area contributed by atoms with Gasteiger partial charge in [-0.25, -0.2) is 0 Å². The molecule has 0 unspecified atom stereocenters. The molecule has 22 heavy (non-hydrogen) atoms. The van der Waals surface area contributed by atoms with Crippen molar-refractivity contribution >= 4 is 23.4 Å². The molecule has 0 aromatic heterocycles. The van der Waals surface area contributed by atoms with E-state index >= 15 is 0 Å². The molecule has 7 heteroatoms. The number of carbonyl (C=O) groups is 1. The van der Waals surface area contributed by atoms with Gasteiger partial charge in [0.15, 0.2) is 0 Å². The molecule has 1 amide bonds. The number of hydrogen-bond donors (Lipinski definition) is 1. The first-order valence-corrected chi connectivity index (χ1v) is 6.98. The molecule has 1 saturated heterocycles. The van der Waals surface area contributed by atoms with Crippen LogP contribution in [-0.4, -0.2) is 23.9 Å². The highest BCUT2D eigenvalue weighted by Gasteiger charge is 2.21. The molecular formula is C15H16N4O3. The fraction of sp³-hybridized carbons (Fsp3) is 0.333. The molecule has 114 valence electrons. The van der Waals surface area contributed by atoms with Crippen LogP contribution >= 0.6 is 0 Å². The molecule has 2 N–H and O–H groups in total. The summed E-state index contributed by atoms with van der Waals surface area (Å²) in [5.74, 6) is -0.856. The van der Waals surface area contributed by atoms with Gasteiger partial charge < -0.3 is 10.6 Å². The summed E-state index contributed by atoms with van der Waals surface area (Å²) in [6, 6.07) is 6.36. The average Bonchev–Trinajstić information content (AvgIpc) is 2.52. The second kappa shape index (κ2) is 6.72. The Morgan fingerprint density at radius 3 is 2.59 bits per heavy atom. The summed E-state index contributed by atoms with van der Waals surface area (Å²) in [7, 11) is 0. The summed E-state index contributed by atoms with van der Waals surface area (Å²) in [6.45, 7) is 1.58. The van der Waals surface area contributed by atoms with Crippen LogP contribution in [0.5, 0.6) is 0 Å². The largest absolute Gasteiger partial charge is 0.366 e. The number of nitrogens with two attached hydrogens (primary N) is 1. The lowest BCUT2D eigenvalue weighted by Crippen LogP contribution is -2.29. The maximum absolute atomic E-state index is 11.3. The number of primary amides is 1. The Morgan fingerprint density at radius 2 is 2.05 bits per heavy atom. The van der Waals surface area contributed by atoms with Crippen molar-refractivity contribution in [1.82, 2.24) is 0 Å². The quantitative estimate of drug-likeness (QED) is 0.395. The number of carbonyl (C=O) groups excluding carboxylic acids is 1. The Morgan fingerprint density at radius 1 is 1.36 bits per heavy atom. The van der Waals surface area contributed by atoms with Crippen molar-refractivity contribution in [3.63, 3.8) is 0 Å². The lowest BCUT2D eigenvalue weighted by atomic mass is 10.1. The Bertz CT molecular complexity index is 670. The van der Waals surface area contributed by atoms with E-state index in [0.29, 0.717) is 11.3 Å². The molecule has 7 nitrogen and oxygen atoms in total. The number of nitriles is 1. The Hall–Kier alpha value is -2.88. The van der Waals surface area contributed by atoms with Gasteiger partial charge in [0.1, 0.15) is 17.3 Å². The number of benzene rings is 1. The molecule has 1 aliphatic rings. The van der Waals surface area contributed by atoms with Crippen LogP contribution < -0.4 is 10.6 Å². The van der Waals surface area contributed by atoms with E-state index in [9.17, 15) is 14.9 Å². The molecule has 1 heterocycles. The van der Waals surface area contributed by atoms with E-state index in [4.69, 9.17) is 11.0 Å². The van der Waals surface area contributed by atoms with Crippen LogP contribution in [0.3, 0.4) is 0 Å². The van der Waals surface area contributed by atoms with Gasteiger partial charge in [0.25, 0.3) is 11.6 Å². The molecular weight excluding hydrogens is 284 g/mol. The second-order valence-electron chi connectivity index (χ2n) is 5.09. The SMILES string of the molecule is N#C/C(=C\c1ccc(N2CCCCC2)c([N+](=O)[O-])c1)C(N)=O. The summed E-state index contributed by atoms with van der Waals surface area (Å²) < 4.78 is 0. The van der Waals surface area contributed by atoms with Gasteiger partial charge in [0.05, 0.1) is 4.92 Å². The van der Waals surface area contributed by atoms with Gasteiger partial charge in [-0.3, -0.25) is 14.9 Å². The lowest BCUT2D eigenvalue weighted by Gasteiger charge is -2.28. The van der Waals surface area contributed by atoms with Gasteiger partial charge in [-0.15, -0.1) is 0 Å². The van der Waals surface area contributed by atoms with Crippen LogP contribution in [-0.2, 0) is 4.79 Å². The number of rotatable bonds is 4. The maximum atomic E-state index is 11.3. The van der Waals surface area contributed by atoms with Gasteiger partial charge in [-0.2, -0.15) is 5.26 Å². The van der Waals surface area contributed by atoms with Crippen molar-refractivity contribution < 1.29 is 9.72 Å². The van der Waals surface area contributed by atoms with E-state index in [2.05, 4.69) is 0 Å². The zero-order valence-electron chi connectivity index (χ0n) is 12.0. The Labute approximate surface area is 127 Å². The number of nitrogens with zero attached hydrogens (tertiary/aromatic N) is 3. The van der Waals surface area contributed by atoms with E-state index in [-0.39, 0.29) is 11.3 Å². The smallest absolute Gasteiger partial charge is 0.293 e. The third-order valence-corrected chi connectivity index (χ3v) is 3.59. The molecule has 0 aliphatic carbocycles. The van der Waals surface area contributed by atoms with Crippen molar-refractivity contribution in [1.29, 1.82) is 5.26 Å². The van der Waals surface area contributed by atoms with E-state index in [1.165, 1.54) is 12.1 Å².